The van der Waals surface area contributed by atoms with Crippen molar-refractivity contribution < 1.29 is 9.53 Å². The van der Waals surface area contributed by atoms with E-state index in [2.05, 4.69) is 15.9 Å². The standard InChI is InChI=1S/C16H23BrN2O2.ClH/c17-13-4-6-15(7-5-13)21-12-2-1-3-16(20)19-10-8-14(18)9-11-19;/h4-7,14H,1-3,8-12,18H2;1H. The number of benzene rings is 1. The maximum absolute atomic E-state index is 12.0. The van der Waals surface area contributed by atoms with E-state index < -0.39 is 0 Å². The van der Waals surface area contributed by atoms with Crippen LogP contribution in [0, 0.1) is 0 Å². The zero-order chi connectivity index (χ0) is 15.1. The van der Waals surface area contributed by atoms with Gasteiger partial charge in [-0.15, -0.1) is 12.4 Å². The molecule has 2 rings (SSSR count). The molecule has 0 bridgehead atoms. The normalized spacial score (nSPS) is 15.3. The summed E-state index contributed by atoms with van der Waals surface area (Å²) in [5.41, 5.74) is 5.84. The van der Waals surface area contributed by atoms with Gasteiger partial charge in [-0.05, 0) is 49.9 Å². The van der Waals surface area contributed by atoms with Crippen LogP contribution in [0.3, 0.4) is 0 Å². The number of likely N-dealkylation sites (tertiary alicyclic amines) is 1. The number of rotatable bonds is 6. The topological polar surface area (TPSA) is 55.6 Å². The first-order chi connectivity index (χ1) is 10.1. The minimum absolute atomic E-state index is 0. The lowest BCUT2D eigenvalue weighted by molar-refractivity contribution is -0.132. The highest BCUT2D eigenvalue weighted by molar-refractivity contribution is 9.10. The number of ether oxygens (including phenoxy) is 1. The lowest BCUT2D eigenvalue weighted by Gasteiger charge is -2.30. The van der Waals surface area contributed by atoms with Crippen LogP contribution in [0.25, 0.3) is 0 Å². The summed E-state index contributed by atoms with van der Waals surface area (Å²) in [5.74, 6) is 1.13. The third kappa shape index (κ3) is 6.55. The second kappa shape index (κ2) is 10.1. The predicted octanol–water partition coefficient (Wildman–Crippen LogP) is 3.37. The minimum Gasteiger partial charge on any atom is -0.494 e. The van der Waals surface area contributed by atoms with E-state index in [1.165, 1.54) is 0 Å². The Morgan fingerprint density at radius 3 is 2.50 bits per heavy atom. The molecule has 4 nitrogen and oxygen atoms in total. The van der Waals surface area contributed by atoms with Crippen molar-refractivity contribution in [1.29, 1.82) is 0 Å². The fraction of sp³-hybridized carbons (Fsp3) is 0.562. The van der Waals surface area contributed by atoms with E-state index in [1.54, 1.807) is 0 Å². The predicted molar refractivity (Wildman–Crippen MR) is 94.5 cm³/mol. The number of nitrogens with zero attached hydrogens (tertiary/aromatic N) is 1. The Hall–Kier alpha value is -0.780. The largest absolute Gasteiger partial charge is 0.494 e. The van der Waals surface area contributed by atoms with E-state index in [4.69, 9.17) is 10.5 Å². The van der Waals surface area contributed by atoms with E-state index in [0.717, 1.165) is 49.0 Å². The molecule has 1 amide bonds. The molecule has 0 aliphatic carbocycles. The zero-order valence-electron chi connectivity index (χ0n) is 12.7. The lowest BCUT2D eigenvalue weighted by atomic mass is 10.1. The number of hydrogen-bond acceptors (Lipinski definition) is 3. The van der Waals surface area contributed by atoms with Crippen LogP contribution in [0.1, 0.15) is 32.1 Å². The molecule has 0 radical (unpaired) electrons. The van der Waals surface area contributed by atoms with Crippen LogP contribution < -0.4 is 10.5 Å². The molecule has 2 N–H and O–H groups in total. The number of carbonyl (C=O) groups excluding carboxylic acids is 1. The van der Waals surface area contributed by atoms with Crippen molar-refractivity contribution in [2.24, 2.45) is 5.73 Å². The van der Waals surface area contributed by atoms with E-state index in [1.807, 2.05) is 29.2 Å². The highest BCUT2D eigenvalue weighted by Gasteiger charge is 2.19. The van der Waals surface area contributed by atoms with Crippen LogP contribution in [0.15, 0.2) is 28.7 Å². The molecule has 1 heterocycles. The molecule has 0 saturated carbocycles. The third-order valence-corrected chi connectivity index (χ3v) is 4.29. The molecule has 22 heavy (non-hydrogen) atoms. The Labute approximate surface area is 146 Å². The Bertz CT molecular complexity index is 448. The van der Waals surface area contributed by atoms with Gasteiger partial charge in [-0.3, -0.25) is 4.79 Å². The van der Waals surface area contributed by atoms with E-state index in [-0.39, 0.29) is 24.4 Å². The van der Waals surface area contributed by atoms with Gasteiger partial charge in [0, 0.05) is 30.0 Å². The Morgan fingerprint density at radius 1 is 1.23 bits per heavy atom. The Morgan fingerprint density at radius 2 is 1.86 bits per heavy atom. The van der Waals surface area contributed by atoms with Gasteiger partial charge < -0.3 is 15.4 Å². The summed E-state index contributed by atoms with van der Waals surface area (Å²) in [6.07, 6.45) is 4.24. The second-order valence-corrected chi connectivity index (χ2v) is 6.39. The van der Waals surface area contributed by atoms with Crippen LogP contribution in [0.2, 0.25) is 0 Å². The fourth-order valence-corrected chi connectivity index (χ4v) is 2.67. The van der Waals surface area contributed by atoms with Crippen LogP contribution in [-0.2, 0) is 4.79 Å². The highest BCUT2D eigenvalue weighted by Crippen LogP contribution is 2.16. The number of halogens is 2. The number of amides is 1. The van der Waals surface area contributed by atoms with Crippen LogP contribution in [0.4, 0.5) is 0 Å². The summed E-state index contributed by atoms with van der Waals surface area (Å²) in [6.45, 7) is 2.28. The smallest absolute Gasteiger partial charge is 0.222 e. The average Bonchev–Trinajstić information content (AvgIpc) is 2.49. The maximum atomic E-state index is 12.0. The molecule has 1 aliphatic rings. The van der Waals surface area contributed by atoms with Gasteiger partial charge in [-0.25, -0.2) is 0 Å². The molecule has 1 saturated heterocycles. The van der Waals surface area contributed by atoms with Gasteiger partial charge in [-0.1, -0.05) is 15.9 Å². The Balaban J connectivity index is 0.00000242. The number of piperidine rings is 1. The van der Waals surface area contributed by atoms with Crippen molar-refractivity contribution in [2.75, 3.05) is 19.7 Å². The first-order valence-electron chi connectivity index (χ1n) is 7.57. The van der Waals surface area contributed by atoms with Crippen LogP contribution in [0.5, 0.6) is 5.75 Å². The van der Waals surface area contributed by atoms with E-state index >= 15 is 0 Å². The molecule has 124 valence electrons. The van der Waals surface area contributed by atoms with Gasteiger partial charge in [0.15, 0.2) is 0 Å². The van der Waals surface area contributed by atoms with Gasteiger partial charge >= 0.3 is 0 Å². The molecular formula is C16H24BrClN2O2. The van der Waals surface area contributed by atoms with Crippen molar-refractivity contribution in [1.82, 2.24) is 4.90 Å². The first kappa shape index (κ1) is 19.3. The fourth-order valence-electron chi connectivity index (χ4n) is 2.41. The number of hydrogen-bond donors (Lipinski definition) is 1. The molecule has 0 spiro atoms. The maximum Gasteiger partial charge on any atom is 0.222 e. The van der Waals surface area contributed by atoms with Gasteiger partial charge in [0.25, 0.3) is 0 Å². The van der Waals surface area contributed by atoms with Crippen molar-refractivity contribution >= 4 is 34.2 Å². The summed E-state index contributed by atoms with van der Waals surface area (Å²) >= 11 is 3.39. The molecule has 6 heteroatoms. The lowest BCUT2D eigenvalue weighted by Crippen LogP contribution is -2.42. The van der Waals surface area contributed by atoms with Crippen molar-refractivity contribution in [2.45, 2.75) is 38.1 Å². The highest BCUT2D eigenvalue weighted by atomic mass is 79.9. The number of nitrogens with two attached hydrogens (primary N) is 1. The van der Waals surface area contributed by atoms with Gasteiger partial charge in [0.1, 0.15) is 5.75 Å². The zero-order valence-corrected chi connectivity index (χ0v) is 15.1. The number of unbranched alkanes of at least 4 members (excludes halogenated alkanes) is 1. The summed E-state index contributed by atoms with van der Waals surface area (Å²) in [7, 11) is 0. The molecule has 0 unspecified atom stereocenters. The summed E-state index contributed by atoms with van der Waals surface area (Å²) < 4.78 is 6.68. The number of carbonyl (C=O) groups is 1. The molecule has 1 aromatic carbocycles. The van der Waals surface area contributed by atoms with E-state index in [9.17, 15) is 4.79 Å². The quantitative estimate of drug-likeness (QED) is 0.756. The average molecular weight is 392 g/mol. The van der Waals surface area contributed by atoms with Crippen LogP contribution >= 0.6 is 28.3 Å². The molecule has 0 aromatic heterocycles. The van der Waals surface area contributed by atoms with Gasteiger partial charge in [-0.2, -0.15) is 0 Å². The summed E-state index contributed by atoms with van der Waals surface area (Å²) in [6, 6.07) is 8.06. The SMILES string of the molecule is Cl.NC1CCN(C(=O)CCCCOc2ccc(Br)cc2)CC1. The molecule has 1 aliphatic heterocycles. The monoisotopic (exact) mass is 390 g/mol. The molecular weight excluding hydrogens is 368 g/mol. The van der Waals surface area contributed by atoms with Crippen molar-refractivity contribution in [3.05, 3.63) is 28.7 Å². The van der Waals surface area contributed by atoms with E-state index in [0.29, 0.717) is 13.0 Å². The molecule has 0 atom stereocenters. The second-order valence-electron chi connectivity index (χ2n) is 5.48. The van der Waals surface area contributed by atoms with Gasteiger partial charge in [0.05, 0.1) is 6.61 Å². The van der Waals surface area contributed by atoms with Gasteiger partial charge in [0.2, 0.25) is 5.91 Å². The Kier molecular flexibility index (Phi) is 8.83. The summed E-state index contributed by atoms with van der Waals surface area (Å²) in [5, 5.41) is 0. The molecule has 1 fully saturated rings. The minimum atomic E-state index is 0. The van der Waals surface area contributed by atoms with Crippen LogP contribution in [-0.4, -0.2) is 36.5 Å². The third-order valence-electron chi connectivity index (χ3n) is 3.76. The molecule has 1 aromatic rings. The van der Waals surface area contributed by atoms with Crippen molar-refractivity contribution in [3.63, 3.8) is 0 Å². The first-order valence-corrected chi connectivity index (χ1v) is 8.36. The summed E-state index contributed by atoms with van der Waals surface area (Å²) in [4.78, 5) is 14.0. The van der Waals surface area contributed by atoms with Crippen molar-refractivity contribution in [3.8, 4) is 5.75 Å².